The van der Waals surface area contributed by atoms with E-state index in [2.05, 4.69) is 17.2 Å². The van der Waals surface area contributed by atoms with Crippen LogP contribution < -0.4 is 5.32 Å². The molecule has 1 aromatic heterocycles. The lowest BCUT2D eigenvalue weighted by Crippen LogP contribution is -2.45. The van der Waals surface area contributed by atoms with Crippen LogP contribution in [-0.4, -0.2) is 22.2 Å². The minimum absolute atomic E-state index is 0.248. The second-order valence-electron chi connectivity index (χ2n) is 4.85. The van der Waals surface area contributed by atoms with Crippen LogP contribution in [0.2, 0.25) is 10.2 Å². The number of aliphatic hydroxyl groups excluding tert-OH is 1. The van der Waals surface area contributed by atoms with Crippen LogP contribution in [0, 0.1) is 0 Å². The minimum atomic E-state index is -0.644. The van der Waals surface area contributed by atoms with Crippen molar-refractivity contribution in [3.05, 3.63) is 28.0 Å². The molecule has 0 radical (unpaired) electrons. The second kappa shape index (κ2) is 5.74. The average molecular weight is 289 g/mol. The normalized spacial score (nSPS) is 25.3. The predicted molar refractivity (Wildman–Crippen MR) is 74.1 cm³/mol. The molecule has 0 spiro atoms. The smallest absolute Gasteiger partial charge is 0.148 e. The van der Waals surface area contributed by atoms with Gasteiger partial charge in [-0.25, -0.2) is 4.98 Å². The SMILES string of the molecule is CCCC1(C(O)c2ccc(Cl)c(Cl)n2)CCCN1. The van der Waals surface area contributed by atoms with Crippen molar-refractivity contribution in [2.24, 2.45) is 0 Å². The molecule has 3 nitrogen and oxygen atoms in total. The van der Waals surface area contributed by atoms with Gasteiger partial charge in [0, 0.05) is 0 Å². The van der Waals surface area contributed by atoms with Crippen LogP contribution in [0.4, 0.5) is 0 Å². The van der Waals surface area contributed by atoms with E-state index in [1.807, 2.05) is 0 Å². The molecule has 2 atom stereocenters. The number of nitrogens with zero attached hydrogens (tertiary/aromatic N) is 1. The highest BCUT2D eigenvalue weighted by Crippen LogP contribution is 2.37. The second-order valence-corrected chi connectivity index (χ2v) is 5.61. The first-order valence-electron chi connectivity index (χ1n) is 6.34. The molecule has 2 rings (SSSR count). The van der Waals surface area contributed by atoms with Gasteiger partial charge < -0.3 is 10.4 Å². The monoisotopic (exact) mass is 288 g/mol. The highest BCUT2D eigenvalue weighted by Gasteiger charge is 2.41. The quantitative estimate of drug-likeness (QED) is 0.836. The maximum absolute atomic E-state index is 10.6. The number of aliphatic hydroxyl groups is 1. The molecule has 2 unspecified atom stereocenters. The summed E-state index contributed by atoms with van der Waals surface area (Å²) in [6.07, 6.45) is 3.35. The maximum atomic E-state index is 10.6. The van der Waals surface area contributed by atoms with E-state index >= 15 is 0 Å². The van der Waals surface area contributed by atoms with Crippen LogP contribution in [0.25, 0.3) is 0 Å². The first-order chi connectivity index (χ1) is 8.59. The number of aromatic nitrogens is 1. The summed E-state index contributed by atoms with van der Waals surface area (Å²) in [5.41, 5.74) is 0.325. The molecule has 0 saturated carbocycles. The Morgan fingerprint density at radius 1 is 1.50 bits per heavy atom. The molecule has 1 fully saturated rings. The molecule has 18 heavy (non-hydrogen) atoms. The Bertz CT molecular complexity index is 419. The van der Waals surface area contributed by atoms with Crippen LogP contribution in [0.15, 0.2) is 12.1 Å². The van der Waals surface area contributed by atoms with Crippen molar-refractivity contribution in [3.63, 3.8) is 0 Å². The molecular weight excluding hydrogens is 271 g/mol. The maximum Gasteiger partial charge on any atom is 0.148 e. The van der Waals surface area contributed by atoms with E-state index in [4.69, 9.17) is 23.2 Å². The number of halogens is 2. The summed E-state index contributed by atoms with van der Waals surface area (Å²) in [5.74, 6) is 0. The zero-order chi connectivity index (χ0) is 13.2. The van der Waals surface area contributed by atoms with Crippen molar-refractivity contribution in [1.29, 1.82) is 0 Å². The third kappa shape index (κ3) is 2.64. The topological polar surface area (TPSA) is 45.2 Å². The predicted octanol–water partition coefficient (Wildman–Crippen LogP) is 3.34. The summed E-state index contributed by atoms with van der Waals surface area (Å²) in [6.45, 7) is 3.06. The molecule has 1 aliphatic heterocycles. The third-order valence-electron chi connectivity index (χ3n) is 3.60. The first-order valence-corrected chi connectivity index (χ1v) is 7.10. The molecule has 0 aromatic carbocycles. The van der Waals surface area contributed by atoms with E-state index in [1.165, 1.54) is 0 Å². The standard InChI is InChI=1S/C13H18Cl2N2O/c1-2-6-13(7-3-8-16-13)11(18)10-5-4-9(14)12(15)17-10/h4-5,11,16,18H,2-3,6-8H2,1H3. The van der Waals surface area contributed by atoms with E-state index in [9.17, 15) is 5.11 Å². The van der Waals surface area contributed by atoms with Gasteiger partial charge in [0.1, 0.15) is 11.3 Å². The highest BCUT2D eigenvalue weighted by atomic mass is 35.5. The van der Waals surface area contributed by atoms with Gasteiger partial charge in [-0.15, -0.1) is 0 Å². The van der Waals surface area contributed by atoms with E-state index in [0.717, 1.165) is 32.2 Å². The molecule has 2 N–H and O–H groups in total. The third-order valence-corrected chi connectivity index (χ3v) is 4.29. The molecule has 0 amide bonds. The summed E-state index contributed by atoms with van der Waals surface area (Å²) in [6, 6.07) is 3.43. The largest absolute Gasteiger partial charge is 0.385 e. The Morgan fingerprint density at radius 3 is 2.83 bits per heavy atom. The van der Waals surface area contributed by atoms with Crippen molar-refractivity contribution in [1.82, 2.24) is 10.3 Å². The van der Waals surface area contributed by atoms with Crippen LogP contribution in [-0.2, 0) is 0 Å². The fourth-order valence-corrected chi connectivity index (χ4v) is 2.99. The number of hydrogen-bond acceptors (Lipinski definition) is 3. The first kappa shape index (κ1) is 14.1. The number of hydrogen-bond donors (Lipinski definition) is 2. The van der Waals surface area contributed by atoms with E-state index < -0.39 is 6.10 Å². The van der Waals surface area contributed by atoms with Crippen molar-refractivity contribution in [3.8, 4) is 0 Å². The molecule has 0 aliphatic carbocycles. The zero-order valence-electron chi connectivity index (χ0n) is 10.4. The van der Waals surface area contributed by atoms with Gasteiger partial charge in [0.05, 0.1) is 16.3 Å². The molecular formula is C13H18Cl2N2O. The van der Waals surface area contributed by atoms with Gasteiger partial charge in [0.15, 0.2) is 0 Å². The van der Waals surface area contributed by atoms with E-state index in [0.29, 0.717) is 10.7 Å². The summed E-state index contributed by atoms with van der Waals surface area (Å²) < 4.78 is 0. The van der Waals surface area contributed by atoms with Crippen molar-refractivity contribution in [2.45, 2.75) is 44.2 Å². The van der Waals surface area contributed by atoms with Gasteiger partial charge in [0.2, 0.25) is 0 Å². The summed E-state index contributed by atoms with van der Waals surface area (Å²) in [7, 11) is 0. The van der Waals surface area contributed by atoms with E-state index in [1.54, 1.807) is 12.1 Å². The highest BCUT2D eigenvalue weighted by molar-refractivity contribution is 6.41. The molecule has 100 valence electrons. The van der Waals surface area contributed by atoms with Gasteiger partial charge >= 0.3 is 0 Å². The lowest BCUT2D eigenvalue weighted by molar-refractivity contribution is 0.0602. The number of nitrogens with one attached hydrogen (secondary N) is 1. The van der Waals surface area contributed by atoms with Crippen LogP contribution in [0.1, 0.15) is 44.4 Å². The number of pyridine rings is 1. The molecule has 1 aromatic rings. The summed E-state index contributed by atoms with van der Waals surface area (Å²) in [4.78, 5) is 4.19. The van der Waals surface area contributed by atoms with Gasteiger partial charge in [-0.2, -0.15) is 0 Å². The summed E-state index contributed by atoms with van der Waals surface area (Å²) >= 11 is 11.8. The average Bonchev–Trinajstić information content (AvgIpc) is 2.82. The Kier molecular flexibility index (Phi) is 4.49. The fourth-order valence-electron chi connectivity index (χ4n) is 2.73. The molecule has 1 saturated heterocycles. The van der Waals surface area contributed by atoms with Crippen LogP contribution in [0.5, 0.6) is 0 Å². The molecule has 1 aliphatic rings. The molecule has 2 heterocycles. The lowest BCUT2D eigenvalue weighted by Gasteiger charge is -2.34. The van der Waals surface area contributed by atoms with Gasteiger partial charge in [-0.3, -0.25) is 0 Å². The van der Waals surface area contributed by atoms with Crippen LogP contribution in [0.3, 0.4) is 0 Å². The Labute approximate surface area is 118 Å². The fraction of sp³-hybridized carbons (Fsp3) is 0.615. The molecule has 0 bridgehead atoms. The van der Waals surface area contributed by atoms with Crippen molar-refractivity contribution >= 4 is 23.2 Å². The van der Waals surface area contributed by atoms with Crippen molar-refractivity contribution < 1.29 is 5.11 Å². The van der Waals surface area contributed by atoms with Crippen molar-refractivity contribution in [2.75, 3.05) is 6.54 Å². The lowest BCUT2D eigenvalue weighted by atomic mass is 9.84. The zero-order valence-corrected chi connectivity index (χ0v) is 11.9. The Balaban J connectivity index is 2.27. The van der Waals surface area contributed by atoms with Crippen LogP contribution >= 0.6 is 23.2 Å². The van der Waals surface area contributed by atoms with E-state index in [-0.39, 0.29) is 10.7 Å². The number of rotatable bonds is 4. The van der Waals surface area contributed by atoms with Gasteiger partial charge in [0.25, 0.3) is 0 Å². The Hall–Kier alpha value is -0.350. The Morgan fingerprint density at radius 2 is 2.28 bits per heavy atom. The summed E-state index contributed by atoms with van der Waals surface area (Å²) in [5, 5.41) is 14.7. The van der Waals surface area contributed by atoms with Gasteiger partial charge in [-0.1, -0.05) is 36.5 Å². The minimum Gasteiger partial charge on any atom is -0.385 e. The molecule has 5 heteroatoms. The van der Waals surface area contributed by atoms with Gasteiger partial charge in [-0.05, 0) is 37.9 Å².